The number of ether oxygens (including phenoxy) is 2. The van der Waals surface area contributed by atoms with Crippen LogP contribution >= 0.6 is 0 Å². The Morgan fingerprint density at radius 2 is 1.37 bits per heavy atom. The smallest absolute Gasteiger partial charge is 0.407 e. The Kier molecular flexibility index (Phi) is 18.4. The van der Waals surface area contributed by atoms with E-state index in [-0.39, 0.29) is 18.4 Å². The van der Waals surface area contributed by atoms with Gasteiger partial charge in [-0.3, -0.25) is 9.59 Å². The molecule has 2 atom stereocenters. The lowest BCUT2D eigenvalue weighted by atomic mass is 10.1. The molecule has 4 amide bonds. The number of nitrogens with zero attached hydrogens (tertiary/aromatic N) is 2. The van der Waals surface area contributed by atoms with E-state index in [1.54, 1.807) is 25.3 Å². The highest BCUT2D eigenvalue weighted by Crippen LogP contribution is 2.20. The Morgan fingerprint density at radius 3 is 2.03 bits per heavy atom. The van der Waals surface area contributed by atoms with Crippen molar-refractivity contribution >= 4 is 35.0 Å². The third kappa shape index (κ3) is 14.5. The number of nitrogens with one attached hydrogen (secondary N) is 6. The van der Waals surface area contributed by atoms with Crippen LogP contribution in [0.5, 0.6) is 0 Å². The summed E-state index contributed by atoms with van der Waals surface area (Å²) in [5.41, 5.74) is 5.80. The molecule has 0 fully saturated rings. The van der Waals surface area contributed by atoms with Crippen LogP contribution in [0.2, 0.25) is 0 Å². The molecule has 4 aromatic carbocycles. The van der Waals surface area contributed by atoms with Gasteiger partial charge in [0.2, 0.25) is 11.8 Å². The Hall–Kier alpha value is -7.40. The van der Waals surface area contributed by atoms with Gasteiger partial charge in [0.25, 0.3) is 0 Å². The Labute approximate surface area is 350 Å². The van der Waals surface area contributed by atoms with Crippen molar-refractivity contribution in [3.05, 3.63) is 144 Å². The first-order chi connectivity index (χ1) is 29.2. The lowest BCUT2D eigenvalue weighted by Crippen LogP contribution is -2.40. The van der Waals surface area contributed by atoms with Crippen LogP contribution in [-0.2, 0) is 25.5 Å². The van der Waals surface area contributed by atoms with Gasteiger partial charge in [-0.2, -0.15) is 0 Å². The zero-order chi connectivity index (χ0) is 43.1. The summed E-state index contributed by atoms with van der Waals surface area (Å²) in [6.45, 7) is 6.04. The minimum atomic E-state index is -0.847. The van der Waals surface area contributed by atoms with Crippen molar-refractivity contribution < 1.29 is 28.7 Å². The molecule has 0 aliphatic heterocycles. The highest BCUT2D eigenvalue weighted by molar-refractivity contribution is 5.87. The van der Waals surface area contributed by atoms with Gasteiger partial charge in [0.05, 0.1) is 43.2 Å². The highest BCUT2D eigenvalue weighted by Gasteiger charge is 2.22. The number of aromatic amines is 2. The number of fused-ring (bicyclic) bond motifs is 1. The third-order valence-electron chi connectivity index (χ3n) is 8.69. The van der Waals surface area contributed by atoms with E-state index in [1.807, 2.05) is 111 Å². The zero-order valence-corrected chi connectivity index (χ0v) is 34.5. The van der Waals surface area contributed by atoms with Crippen molar-refractivity contribution in [3.63, 3.8) is 0 Å². The number of carbonyl (C=O) groups is 4. The number of rotatable bonds is 13. The lowest BCUT2D eigenvalue weighted by molar-refractivity contribution is -0.123. The minimum absolute atomic E-state index is 0.203. The molecule has 6 aromatic rings. The van der Waals surface area contributed by atoms with E-state index in [0.717, 1.165) is 52.1 Å². The summed E-state index contributed by atoms with van der Waals surface area (Å²) in [5.74, 6) is 7.19. The van der Waals surface area contributed by atoms with Gasteiger partial charge in [0, 0.05) is 24.1 Å². The largest absolute Gasteiger partial charge is 0.453 e. The Bertz CT molecular complexity index is 2290. The molecule has 0 aliphatic carbocycles. The molecular formula is C46H52N8O6. The first kappa shape index (κ1) is 45.3. The average molecular weight is 813 g/mol. The van der Waals surface area contributed by atoms with E-state index >= 15 is 0 Å². The summed E-state index contributed by atoms with van der Waals surface area (Å²) in [7, 11) is 2.49. The predicted molar refractivity (Wildman–Crippen MR) is 232 cm³/mol. The molecule has 0 saturated heterocycles. The van der Waals surface area contributed by atoms with Gasteiger partial charge in [-0.25, -0.2) is 19.6 Å². The molecule has 2 heterocycles. The fourth-order valence-corrected chi connectivity index (χ4v) is 5.66. The number of unbranched alkanes of at least 4 members (excludes halogenated alkanes) is 1. The number of hydrogen-bond acceptors (Lipinski definition) is 8. The molecular weight excluding hydrogens is 761 g/mol. The summed E-state index contributed by atoms with van der Waals surface area (Å²) in [6.07, 6.45) is 2.58. The van der Waals surface area contributed by atoms with E-state index in [9.17, 15) is 19.2 Å². The maximum atomic E-state index is 12.8. The van der Waals surface area contributed by atoms with Crippen LogP contribution < -0.4 is 21.3 Å². The standard InChI is InChI=1S/C38H40N8O6.C6H6.C2H6/c1-24(42-33(47)23-41-37(49)51-2)35-40-22-31(45-35)27-17-14-25(15-18-27)12-13-26-16-19-29-30(21-26)44-32(43-29)11-7-8-20-39-36(48)34(46-38(50)52-3)28-9-5-4-6-10-28;1-2-4-6-5-3-1;1-2/h4-6,9-10,14-19,21-22,24,34H,7-8,11,20,23H2,1-3H3,(H,39,48)(H,40,45)(H,41,49)(H,42,47)(H,43,44)(H,46,50);1-6H;1-2H3. The summed E-state index contributed by atoms with van der Waals surface area (Å²) in [6, 6.07) is 33.4. The van der Waals surface area contributed by atoms with Crippen molar-refractivity contribution in [1.29, 1.82) is 0 Å². The van der Waals surface area contributed by atoms with Gasteiger partial charge in [0.15, 0.2) is 0 Å². The number of aromatic nitrogens is 4. The van der Waals surface area contributed by atoms with Crippen LogP contribution in [0.4, 0.5) is 9.59 Å². The normalized spacial score (nSPS) is 11.1. The first-order valence-electron chi connectivity index (χ1n) is 19.7. The Morgan fingerprint density at radius 1 is 0.733 bits per heavy atom. The highest BCUT2D eigenvalue weighted by atomic mass is 16.5. The van der Waals surface area contributed by atoms with Gasteiger partial charge < -0.3 is 40.7 Å². The van der Waals surface area contributed by atoms with Crippen LogP contribution in [0.15, 0.2) is 115 Å². The zero-order valence-electron chi connectivity index (χ0n) is 34.5. The lowest BCUT2D eigenvalue weighted by Gasteiger charge is -2.18. The topological polar surface area (TPSA) is 192 Å². The first-order valence-corrected chi connectivity index (χ1v) is 19.7. The fourth-order valence-electron chi connectivity index (χ4n) is 5.66. The summed E-state index contributed by atoms with van der Waals surface area (Å²) < 4.78 is 9.15. The second kappa shape index (κ2) is 24.4. The Balaban J connectivity index is 0.000000898. The van der Waals surface area contributed by atoms with Gasteiger partial charge in [-0.1, -0.05) is 105 Å². The summed E-state index contributed by atoms with van der Waals surface area (Å²) in [5, 5.41) is 10.6. The maximum absolute atomic E-state index is 12.8. The van der Waals surface area contributed by atoms with Crippen molar-refractivity contribution in [2.45, 2.75) is 52.1 Å². The number of carbonyl (C=O) groups excluding carboxylic acids is 4. The van der Waals surface area contributed by atoms with E-state index < -0.39 is 24.3 Å². The van der Waals surface area contributed by atoms with Gasteiger partial charge in [0.1, 0.15) is 24.2 Å². The van der Waals surface area contributed by atoms with Crippen molar-refractivity contribution in [2.75, 3.05) is 27.3 Å². The molecule has 0 aliphatic rings. The van der Waals surface area contributed by atoms with Crippen molar-refractivity contribution in [2.24, 2.45) is 0 Å². The van der Waals surface area contributed by atoms with Crippen molar-refractivity contribution in [3.8, 4) is 23.1 Å². The van der Waals surface area contributed by atoms with Crippen LogP contribution in [0.25, 0.3) is 22.3 Å². The molecule has 312 valence electrons. The number of H-pyrrole nitrogens is 2. The summed E-state index contributed by atoms with van der Waals surface area (Å²) >= 11 is 0. The molecule has 60 heavy (non-hydrogen) atoms. The average Bonchev–Trinajstić information content (AvgIpc) is 3.96. The predicted octanol–water partition coefficient (Wildman–Crippen LogP) is 7.14. The van der Waals surface area contributed by atoms with Gasteiger partial charge in [-0.15, -0.1) is 0 Å². The molecule has 0 radical (unpaired) electrons. The number of imidazole rings is 2. The number of alkyl carbamates (subject to hydrolysis) is 2. The third-order valence-corrected chi connectivity index (χ3v) is 8.69. The van der Waals surface area contributed by atoms with Crippen LogP contribution in [-0.4, -0.2) is 71.2 Å². The molecule has 0 spiro atoms. The number of amides is 4. The monoisotopic (exact) mass is 812 g/mol. The molecule has 2 unspecified atom stereocenters. The molecule has 0 bridgehead atoms. The minimum Gasteiger partial charge on any atom is -0.453 e. The van der Waals surface area contributed by atoms with Crippen molar-refractivity contribution in [1.82, 2.24) is 41.2 Å². The van der Waals surface area contributed by atoms with Crippen LogP contribution in [0, 0.1) is 11.8 Å². The quantitative estimate of drug-likeness (QED) is 0.0524. The number of hydrogen-bond donors (Lipinski definition) is 6. The summed E-state index contributed by atoms with van der Waals surface area (Å²) in [4.78, 5) is 63.6. The second-order valence-electron chi connectivity index (χ2n) is 12.9. The van der Waals surface area contributed by atoms with Gasteiger partial charge >= 0.3 is 12.2 Å². The molecule has 14 nitrogen and oxygen atoms in total. The van der Waals surface area contributed by atoms with E-state index in [4.69, 9.17) is 4.98 Å². The molecule has 14 heteroatoms. The molecule has 6 rings (SSSR count). The number of methoxy groups -OCH3 is 2. The maximum Gasteiger partial charge on any atom is 0.407 e. The number of benzene rings is 4. The SMILES string of the molecule is CC.COC(=O)NCC(=O)NC(C)c1ncc(-c2ccc(C#Cc3ccc4nc(CCCCNC(=O)C(NC(=O)OC)c5ccccc5)[nH]c4c3)cc2)[nH]1.c1ccccc1. The van der Waals surface area contributed by atoms with E-state index in [0.29, 0.717) is 24.4 Å². The molecule has 6 N–H and O–H groups in total. The van der Waals surface area contributed by atoms with Crippen LogP contribution in [0.1, 0.15) is 74.0 Å². The second-order valence-corrected chi connectivity index (χ2v) is 12.9. The fraction of sp³-hybridized carbons (Fsp3) is 0.261. The van der Waals surface area contributed by atoms with E-state index in [2.05, 4.69) is 57.5 Å². The molecule has 0 saturated carbocycles. The van der Waals surface area contributed by atoms with Crippen LogP contribution in [0.3, 0.4) is 0 Å². The number of aryl methyl sites for hydroxylation is 1. The van der Waals surface area contributed by atoms with Gasteiger partial charge in [-0.05, 0) is 61.2 Å². The molecule has 2 aromatic heterocycles. The van der Waals surface area contributed by atoms with E-state index in [1.165, 1.54) is 14.2 Å².